The monoisotopic (exact) mass is 695 g/mol. The maximum Gasteiger partial charge on any atom is 0.358 e. The number of nitrogen functional groups attached to an aromatic ring is 1. The SMILES string of the molecule is CCCCCC(=O)OC(CCC)OC(=O)C1=C(CSc2nnnn2CCN(C)C)CS[C@H]2[C@H](NC(=O)Cc3csc(N)n3)C(=O)N12. The fraction of sp³-hybridized carbons (Fsp3) is 0.643. The number of tetrazole rings is 1. The molecule has 2 aliphatic rings. The van der Waals surface area contributed by atoms with Crippen LogP contribution in [0.3, 0.4) is 0 Å². The van der Waals surface area contributed by atoms with Gasteiger partial charge in [0.25, 0.3) is 5.91 Å². The lowest BCUT2D eigenvalue weighted by Crippen LogP contribution is -2.70. The lowest BCUT2D eigenvalue weighted by molar-refractivity contribution is -0.188. The number of hydrogen-bond acceptors (Lipinski definition) is 15. The molecule has 46 heavy (non-hydrogen) atoms. The van der Waals surface area contributed by atoms with Gasteiger partial charge in [-0.05, 0) is 42.9 Å². The standard InChI is InChI=1S/C28H41N9O6S3/c1-5-7-8-10-20(39)42-21(9-6-2)43-26(41)23-17(15-46-28-32-33-34-36(28)12-11-35(3)4)14-44-25-22(24(40)37(23)25)31-19(38)13-18-16-45-27(29)30-18/h16,21-22,25H,5-15H2,1-4H3,(H2,29,30)(H,31,38)/t21?,22-,25+/m1/s1. The molecule has 2 aliphatic heterocycles. The molecule has 18 heteroatoms. The van der Waals surface area contributed by atoms with Gasteiger partial charge in [0, 0.05) is 36.3 Å². The van der Waals surface area contributed by atoms with Crippen LogP contribution in [0.2, 0.25) is 0 Å². The van der Waals surface area contributed by atoms with Crippen molar-refractivity contribution >= 4 is 63.7 Å². The molecule has 4 rings (SSSR count). The summed E-state index contributed by atoms with van der Waals surface area (Å²) in [6.07, 6.45) is 2.59. The number of anilines is 1. The van der Waals surface area contributed by atoms with Crippen molar-refractivity contribution in [2.45, 2.75) is 88.2 Å². The molecule has 3 N–H and O–H groups in total. The third kappa shape index (κ3) is 9.42. The Morgan fingerprint density at radius 1 is 1.22 bits per heavy atom. The topological polar surface area (TPSA) is 188 Å². The Balaban J connectivity index is 1.51. The van der Waals surface area contributed by atoms with E-state index in [0.717, 1.165) is 19.4 Å². The summed E-state index contributed by atoms with van der Waals surface area (Å²) >= 11 is 4.02. The second-order valence-electron chi connectivity index (χ2n) is 11.1. The van der Waals surface area contributed by atoms with Gasteiger partial charge in [-0.15, -0.1) is 28.2 Å². The van der Waals surface area contributed by atoms with Crippen molar-refractivity contribution in [3.63, 3.8) is 0 Å². The number of nitrogens with zero attached hydrogens (tertiary/aromatic N) is 7. The zero-order valence-electron chi connectivity index (χ0n) is 26.5. The molecular formula is C28H41N9O6S3. The van der Waals surface area contributed by atoms with E-state index < -0.39 is 35.6 Å². The van der Waals surface area contributed by atoms with Crippen molar-refractivity contribution in [2.75, 3.05) is 37.9 Å². The summed E-state index contributed by atoms with van der Waals surface area (Å²) in [4.78, 5) is 60.0. The maximum absolute atomic E-state index is 13.8. The third-order valence-electron chi connectivity index (χ3n) is 7.11. The highest BCUT2D eigenvalue weighted by atomic mass is 32.2. The molecule has 0 spiro atoms. The first-order valence-electron chi connectivity index (χ1n) is 15.2. The Labute approximate surface area is 280 Å². The molecule has 2 amide bonds. The maximum atomic E-state index is 13.8. The first-order chi connectivity index (χ1) is 22.1. The second-order valence-corrected chi connectivity index (χ2v) is 14.0. The molecule has 0 aromatic carbocycles. The van der Waals surface area contributed by atoms with Crippen molar-refractivity contribution in [3.8, 4) is 0 Å². The summed E-state index contributed by atoms with van der Waals surface area (Å²) < 4.78 is 13.0. The second kappa shape index (κ2) is 17.1. The summed E-state index contributed by atoms with van der Waals surface area (Å²) in [7, 11) is 3.91. The lowest BCUT2D eigenvalue weighted by Gasteiger charge is -2.49. The molecule has 4 heterocycles. The fourth-order valence-electron chi connectivity index (χ4n) is 4.74. The van der Waals surface area contributed by atoms with E-state index in [9.17, 15) is 19.2 Å². The largest absolute Gasteiger partial charge is 0.425 e. The number of esters is 2. The quantitative estimate of drug-likeness (QED) is 0.0758. The number of thiazole rings is 1. The van der Waals surface area contributed by atoms with E-state index in [1.807, 2.05) is 32.8 Å². The van der Waals surface area contributed by atoms with Crippen LogP contribution in [0.5, 0.6) is 0 Å². The Hall–Kier alpha value is -3.22. The summed E-state index contributed by atoms with van der Waals surface area (Å²) in [6, 6.07) is -0.827. The molecule has 0 aliphatic carbocycles. The third-order valence-corrected chi connectivity index (χ3v) is 10.2. The number of amides is 2. The van der Waals surface area contributed by atoms with E-state index in [1.165, 1.54) is 39.8 Å². The van der Waals surface area contributed by atoms with Gasteiger partial charge in [0.2, 0.25) is 17.4 Å². The van der Waals surface area contributed by atoms with Crippen LogP contribution in [-0.4, -0.2) is 109 Å². The van der Waals surface area contributed by atoms with Crippen LogP contribution >= 0.6 is 34.9 Å². The molecule has 1 fully saturated rings. The predicted octanol–water partition coefficient (Wildman–Crippen LogP) is 2.06. The number of aromatic nitrogens is 5. The van der Waals surface area contributed by atoms with Gasteiger partial charge >= 0.3 is 11.9 Å². The zero-order chi connectivity index (χ0) is 33.2. The van der Waals surface area contributed by atoms with Gasteiger partial charge in [-0.1, -0.05) is 38.5 Å². The average Bonchev–Trinajstić information content (AvgIpc) is 3.65. The van der Waals surface area contributed by atoms with Crippen molar-refractivity contribution < 1.29 is 28.7 Å². The van der Waals surface area contributed by atoms with Gasteiger partial charge in [-0.2, -0.15) is 0 Å². The number of fused-ring (bicyclic) bond motifs is 1. The first-order valence-corrected chi connectivity index (χ1v) is 18.1. The van der Waals surface area contributed by atoms with Crippen molar-refractivity contribution in [3.05, 3.63) is 22.3 Å². The molecule has 0 radical (unpaired) electrons. The van der Waals surface area contributed by atoms with Crippen molar-refractivity contribution in [2.24, 2.45) is 0 Å². The summed E-state index contributed by atoms with van der Waals surface area (Å²) in [5, 5.41) is 16.9. The van der Waals surface area contributed by atoms with E-state index in [4.69, 9.17) is 15.2 Å². The molecule has 15 nitrogen and oxygen atoms in total. The van der Waals surface area contributed by atoms with Gasteiger partial charge in [0.15, 0.2) is 5.13 Å². The van der Waals surface area contributed by atoms with Crippen LogP contribution in [0, 0.1) is 0 Å². The normalized spacial score (nSPS) is 18.3. The van der Waals surface area contributed by atoms with Crippen LogP contribution in [0.25, 0.3) is 0 Å². The van der Waals surface area contributed by atoms with E-state index in [-0.39, 0.29) is 24.4 Å². The van der Waals surface area contributed by atoms with Gasteiger partial charge in [0.1, 0.15) is 17.1 Å². The molecular weight excluding hydrogens is 655 g/mol. The molecule has 1 unspecified atom stereocenters. The smallest absolute Gasteiger partial charge is 0.358 e. The summed E-state index contributed by atoms with van der Waals surface area (Å²) in [6.45, 7) is 5.25. The number of hydrogen-bond donors (Lipinski definition) is 2. The number of ether oxygens (including phenoxy) is 2. The molecule has 252 valence electrons. The van der Waals surface area contributed by atoms with Crippen molar-refractivity contribution in [1.82, 2.24) is 40.3 Å². The number of carbonyl (C=O) groups excluding carboxylic acids is 4. The average molecular weight is 696 g/mol. The molecule has 3 atom stereocenters. The van der Waals surface area contributed by atoms with Gasteiger partial charge < -0.3 is 25.4 Å². The van der Waals surface area contributed by atoms with Crippen LogP contribution in [0.15, 0.2) is 21.8 Å². The molecule has 2 aromatic rings. The van der Waals surface area contributed by atoms with Gasteiger partial charge in [-0.3, -0.25) is 19.3 Å². The predicted molar refractivity (Wildman–Crippen MR) is 174 cm³/mol. The van der Waals surface area contributed by atoms with Crippen LogP contribution in [0.1, 0.15) is 58.1 Å². The van der Waals surface area contributed by atoms with Crippen LogP contribution < -0.4 is 11.1 Å². The summed E-state index contributed by atoms with van der Waals surface area (Å²) in [5.41, 5.74) is 6.94. The Bertz CT molecular complexity index is 1410. The summed E-state index contributed by atoms with van der Waals surface area (Å²) in [5.74, 6) is -1.29. The zero-order valence-corrected chi connectivity index (χ0v) is 28.9. The van der Waals surface area contributed by atoms with Gasteiger partial charge in [0.05, 0.1) is 18.7 Å². The Morgan fingerprint density at radius 3 is 2.72 bits per heavy atom. The number of likely N-dealkylation sites (N-methyl/N-ethyl adjacent to an activating group) is 1. The van der Waals surface area contributed by atoms with Crippen LogP contribution in [0.4, 0.5) is 5.13 Å². The lowest BCUT2D eigenvalue weighted by atomic mass is 10.0. The number of β-lactam (4-membered cyclic amide) rings is 1. The number of nitrogens with two attached hydrogens (primary N) is 1. The number of unbranched alkanes of at least 4 members (excludes halogenated alkanes) is 2. The van der Waals surface area contributed by atoms with E-state index >= 15 is 0 Å². The molecule has 1 saturated heterocycles. The highest BCUT2D eigenvalue weighted by Gasteiger charge is 2.54. The minimum absolute atomic E-state index is 0.0215. The highest BCUT2D eigenvalue weighted by molar-refractivity contribution is 8.01. The van der Waals surface area contributed by atoms with E-state index in [0.29, 0.717) is 58.9 Å². The fourth-order valence-corrected chi connectivity index (χ4v) is 7.69. The highest BCUT2D eigenvalue weighted by Crippen LogP contribution is 2.42. The van der Waals surface area contributed by atoms with E-state index in [1.54, 1.807) is 10.1 Å². The molecule has 2 aromatic heterocycles. The minimum atomic E-state index is -1.09. The molecule has 0 bridgehead atoms. The van der Waals surface area contributed by atoms with Crippen LogP contribution in [-0.2, 0) is 41.6 Å². The Kier molecular flexibility index (Phi) is 13.2. The number of nitrogens with one attached hydrogen (secondary N) is 1. The number of thioether (sulfide) groups is 2. The number of rotatable bonds is 18. The van der Waals surface area contributed by atoms with Gasteiger partial charge in [-0.25, -0.2) is 14.5 Å². The first kappa shape index (κ1) is 35.6. The number of carbonyl (C=O) groups is 4. The molecule has 0 saturated carbocycles. The van der Waals surface area contributed by atoms with E-state index in [2.05, 4.69) is 25.8 Å². The minimum Gasteiger partial charge on any atom is -0.425 e. The Morgan fingerprint density at radius 2 is 2.02 bits per heavy atom. The van der Waals surface area contributed by atoms with Crippen molar-refractivity contribution in [1.29, 1.82) is 0 Å².